The van der Waals surface area contributed by atoms with E-state index in [9.17, 15) is 4.79 Å². The molecule has 1 aliphatic rings. The van der Waals surface area contributed by atoms with Crippen LogP contribution in [-0.2, 0) is 4.74 Å². The van der Waals surface area contributed by atoms with Gasteiger partial charge in [-0.3, -0.25) is 0 Å². The fraction of sp³-hybridized carbons (Fsp3) is 0.400. The van der Waals surface area contributed by atoms with Gasteiger partial charge >= 0.3 is 5.97 Å². The molecule has 1 N–H and O–H groups in total. The van der Waals surface area contributed by atoms with Gasteiger partial charge in [0.15, 0.2) is 6.29 Å². The molecule has 0 saturated carbocycles. The predicted octanol–water partition coefficient (Wildman–Crippen LogP) is 3.34. The number of carbonyl (C=O) groups is 1. The average Bonchev–Trinajstić information content (AvgIpc) is 2.79. The number of furan rings is 1. The zero-order valence-electron chi connectivity index (χ0n) is 11.2. The van der Waals surface area contributed by atoms with Crippen molar-refractivity contribution < 1.29 is 23.8 Å². The summed E-state index contributed by atoms with van der Waals surface area (Å²) in [6, 6.07) is 5.34. The maximum absolute atomic E-state index is 11.1. The van der Waals surface area contributed by atoms with E-state index in [2.05, 4.69) is 0 Å². The van der Waals surface area contributed by atoms with Gasteiger partial charge in [0, 0.05) is 12.0 Å². The second kappa shape index (κ2) is 5.17. The number of aromatic carboxylic acids is 1. The lowest BCUT2D eigenvalue weighted by Crippen LogP contribution is -2.25. The van der Waals surface area contributed by atoms with Crippen molar-refractivity contribution in [3.05, 3.63) is 29.5 Å². The van der Waals surface area contributed by atoms with Crippen LogP contribution in [0.3, 0.4) is 0 Å². The molecule has 5 heteroatoms. The molecule has 0 amide bonds. The molecule has 3 rings (SSSR count). The van der Waals surface area contributed by atoms with Crippen LogP contribution in [0.2, 0.25) is 0 Å². The molecule has 2 heterocycles. The van der Waals surface area contributed by atoms with Crippen LogP contribution in [0.1, 0.15) is 35.4 Å². The maximum Gasteiger partial charge on any atom is 0.372 e. The van der Waals surface area contributed by atoms with E-state index < -0.39 is 5.97 Å². The van der Waals surface area contributed by atoms with Crippen LogP contribution in [0.15, 0.2) is 22.6 Å². The van der Waals surface area contributed by atoms with E-state index in [1.807, 2.05) is 6.07 Å². The van der Waals surface area contributed by atoms with Crippen LogP contribution in [0.25, 0.3) is 11.0 Å². The lowest BCUT2D eigenvalue weighted by molar-refractivity contribution is -0.105. The minimum atomic E-state index is -1.07. The first kappa shape index (κ1) is 13.0. The topological polar surface area (TPSA) is 68.9 Å². The van der Waals surface area contributed by atoms with Gasteiger partial charge < -0.3 is 19.0 Å². The molecule has 0 radical (unpaired) electrons. The Kier molecular flexibility index (Phi) is 3.36. The van der Waals surface area contributed by atoms with Crippen molar-refractivity contribution in [3.8, 4) is 5.75 Å². The Morgan fingerprint density at radius 2 is 2.25 bits per heavy atom. The molecule has 1 fully saturated rings. The van der Waals surface area contributed by atoms with Crippen molar-refractivity contribution >= 4 is 16.9 Å². The highest BCUT2D eigenvalue weighted by Crippen LogP contribution is 2.34. The number of hydrogen-bond acceptors (Lipinski definition) is 4. The summed E-state index contributed by atoms with van der Waals surface area (Å²) in [4.78, 5) is 11.1. The van der Waals surface area contributed by atoms with E-state index in [1.165, 1.54) is 0 Å². The van der Waals surface area contributed by atoms with Gasteiger partial charge in [0.25, 0.3) is 0 Å². The van der Waals surface area contributed by atoms with Gasteiger partial charge in [-0.15, -0.1) is 0 Å². The SMILES string of the molecule is Cc1c(C(=O)O)oc2cccc(OC3CCCCO3)c12. The van der Waals surface area contributed by atoms with Gasteiger partial charge in [0.2, 0.25) is 5.76 Å². The number of ether oxygens (including phenoxy) is 2. The summed E-state index contributed by atoms with van der Waals surface area (Å²) >= 11 is 0. The fourth-order valence-corrected chi connectivity index (χ4v) is 2.51. The van der Waals surface area contributed by atoms with Crippen LogP contribution >= 0.6 is 0 Å². The van der Waals surface area contributed by atoms with E-state index in [-0.39, 0.29) is 12.1 Å². The Morgan fingerprint density at radius 3 is 2.95 bits per heavy atom. The van der Waals surface area contributed by atoms with Crippen molar-refractivity contribution in [2.45, 2.75) is 32.5 Å². The van der Waals surface area contributed by atoms with E-state index in [4.69, 9.17) is 19.0 Å². The molecule has 0 aliphatic carbocycles. The lowest BCUT2D eigenvalue weighted by atomic mass is 10.1. The molecule has 20 heavy (non-hydrogen) atoms. The summed E-state index contributed by atoms with van der Waals surface area (Å²) in [6.07, 6.45) is 2.71. The van der Waals surface area contributed by atoms with Crippen molar-refractivity contribution in [2.75, 3.05) is 6.61 Å². The largest absolute Gasteiger partial charge is 0.475 e. The quantitative estimate of drug-likeness (QED) is 0.931. The number of carboxylic acid groups (broad SMARTS) is 1. The third-order valence-electron chi connectivity index (χ3n) is 3.51. The zero-order chi connectivity index (χ0) is 14.1. The van der Waals surface area contributed by atoms with Crippen LogP contribution in [0.5, 0.6) is 5.75 Å². The van der Waals surface area contributed by atoms with E-state index >= 15 is 0 Å². The number of fused-ring (bicyclic) bond motifs is 1. The summed E-state index contributed by atoms with van der Waals surface area (Å²) in [5.74, 6) is -0.498. The molecule has 0 spiro atoms. The van der Waals surface area contributed by atoms with Crippen LogP contribution < -0.4 is 4.74 Å². The van der Waals surface area contributed by atoms with Gasteiger partial charge in [0.05, 0.1) is 12.0 Å². The normalized spacial score (nSPS) is 19.1. The highest BCUT2D eigenvalue weighted by Gasteiger charge is 2.22. The van der Waals surface area contributed by atoms with E-state index in [0.29, 0.717) is 28.9 Å². The van der Waals surface area contributed by atoms with Crippen LogP contribution in [-0.4, -0.2) is 24.0 Å². The van der Waals surface area contributed by atoms with E-state index in [0.717, 1.165) is 19.3 Å². The number of hydrogen-bond donors (Lipinski definition) is 1. The first-order valence-corrected chi connectivity index (χ1v) is 6.70. The van der Waals surface area contributed by atoms with Gasteiger partial charge in [-0.05, 0) is 31.9 Å². The van der Waals surface area contributed by atoms with Gasteiger partial charge in [-0.2, -0.15) is 0 Å². The Labute approximate surface area is 116 Å². The molecule has 1 unspecified atom stereocenters. The second-order valence-electron chi connectivity index (χ2n) is 4.90. The third-order valence-corrected chi connectivity index (χ3v) is 3.51. The Balaban J connectivity index is 1.99. The van der Waals surface area contributed by atoms with Gasteiger partial charge in [-0.1, -0.05) is 6.07 Å². The van der Waals surface area contributed by atoms with Crippen LogP contribution in [0.4, 0.5) is 0 Å². The Hall–Kier alpha value is -2.01. The standard InChI is InChI=1S/C15H16O5/c1-9-13-10(19-12-7-2-3-8-18-12)5-4-6-11(13)20-14(9)15(16)17/h4-6,12H,2-3,7-8H2,1H3,(H,16,17). The molecule has 1 aromatic heterocycles. The molecular formula is C15H16O5. The Bertz CT molecular complexity index is 637. The molecule has 1 atom stereocenters. The lowest BCUT2D eigenvalue weighted by Gasteiger charge is -2.23. The first-order chi connectivity index (χ1) is 9.66. The summed E-state index contributed by atoms with van der Waals surface area (Å²) in [7, 11) is 0. The molecule has 5 nitrogen and oxygen atoms in total. The summed E-state index contributed by atoms with van der Waals surface area (Å²) in [5.41, 5.74) is 1.10. The zero-order valence-corrected chi connectivity index (χ0v) is 11.2. The van der Waals surface area contributed by atoms with Crippen molar-refractivity contribution in [2.24, 2.45) is 0 Å². The summed E-state index contributed by atoms with van der Waals surface area (Å²) in [6.45, 7) is 2.43. The maximum atomic E-state index is 11.1. The highest BCUT2D eigenvalue weighted by molar-refractivity contribution is 5.97. The van der Waals surface area contributed by atoms with Crippen molar-refractivity contribution in [3.63, 3.8) is 0 Å². The molecular weight excluding hydrogens is 260 g/mol. The number of aryl methyl sites for hydroxylation is 1. The van der Waals surface area contributed by atoms with Crippen molar-refractivity contribution in [1.82, 2.24) is 0 Å². The second-order valence-corrected chi connectivity index (χ2v) is 4.90. The first-order valence-electron chi connectivity index (χ1n) is 6.70. The van der Waals surface area contributed by atoms with Gasteiger partial charge in [0.1, 0.15) is 11.3 Å². The smallest absolute Gasteiger partial charge is 0.372 e. The number of rotatable bonds is 3. The minimum Gasteiger partial charge on any atom is -0.475 e. The van der Waals surface area contributed by atoms with Gasteiger partial charge in [-0.25, -0.2) is 4.79 Å². The monoisotopic (exact) mass is 276 g/mol. The third kappa shape index (κ3) is 2.25. The van der Waals surface area contributed by atoms with Crippen LogP contribution in [0, 0.1) is 6.92 Å². The highest BCUT2D eigenvalue weighted by atomic mass is 16.7. The van der Waals surface area contributed by atoms with E-state index in [1.54, 1.807) is 19.1 Å². The molecule has 0 bridgehead atoms. The number of benzene rings is 1. The molecule has 1 saturated heterocycles. The fourth-order valence-electron chi connectivity index (χ4n) is 2.51. The summed E-state index contributed by atoms with van der Waals surface area (Å²) < 4.78 is 16.8. The summed E-state index contributed by atoms with van der Waals surface area (Å²) in [5, 5.41) is 9.83. The average molecular weight is 276 g/mol. The van der Waals surface area contributed by atoms with Crippen molar-refractivity contribution in [1.29, 1.82) is 0 Å². The number of carboxylic acids is 1. The predicted molar refractivity (Wildman–Crippen MR) is 72.1 cm³/mol. The molecule has 106 valence electrons. The molecule has 2 aromatic rings. The molecule has 1 aromatic carbocycles. The molecule has 1 aliphatic heterocycles. The Morgan fingerprint density at radius 1 is 1.40 bits per heavy atom. The minimum absolute atomic E-state index is 0.0411.